The van der Waals surface area contributed by atoms with Crippen LogP contribution in [0, 0.1) is 0 Å². The predicted molar refractivity (Wildman–Crippen MR) is 92.1 cm³/mol. The number of hydrogen-bond acceptors (Lipinski definition) is 0. The van der Waals surface area contributed by atoms with Crippen molar-refractivity contribution in [2.75, 3.05) is 0 Å². The van der Waals surface area contributed by atoms with E-state index in [1.807, 2.05) is 0 Å². The summed E-state index contributed by atoms with van der Waals surface area (Å²) >= 11 is 0. The SMILES string of the molecule is C1=CC2CCC1c1c[nH]c(Cc3[nH]cc4c3C3C=CC4CC3)c12. The summed E-state index contributed by atoms with van der Waals surface area (Å²) in [6.45, 7) is 0. The van der Waals surface area contributed by atoms with E-state index in [4.69, 9.17) is 0 Å². The van der Waals surface area contributed by atoms with E-state index < -0.39 is 0 Å². The Bertz CT molecular complexity index is 777. The Labute approximate surface area is 136 Å². The summed E-state index contributed by atoms with van der Waals surface area (Å²) in [6.07, 6.45) is 20.7. The van der Waals surface area contributed by atoms with Crippen LogP contribution in [0.4, 0.5) is 0 Å². The van der Waals surface area contributed by atoms with Crippen LogP contribution in [0.5, 0.6) is 0 Å². The molecule has 0 saturated heterocycles. The summed E-state index contributed by atoms with van der Waals surface area (Å²) in [5, 5.41) is 0. The molecule has 2 nitrogen and oxygen atoms in total. The predicted octanol–water partition coefficient (Wildman–Crippen LogP) is 5.00. The van der Waals surface area contributed by atoms with E-state index in [0.717, 1.165) is 6.42 Å². The zero-order valence-corrected chi connectivity index (χ0v) is 13.3. The van der Waals surface area contributed by atoms with Gasteiger partial charge < -0.3 is 9.97 Å². The summed E-state index contributed by atoms with van der Waals surface area (Å²) in [5.41, 5.74) is 9.27. The fraction of sp³-hybridized carbons (Fsp3) is 0.429. The summed E-state index contributed by atoms with van der Waals surface area (Å²) in [6, 6.07) is 0. The van der Waals surface area contributed by atoms with Gasteiger partial charge >= 0.3 is 0 Å². The lowest BCUT2D eigenvalue weighted by atomic mass is 9.71. The molecule has 6 aliphatic carbocycles. The first kappa shape index (κ1) is 12.5. The molecule has 2 N–H and O–H groups in total. The molecule has 4 unspecified atom stereocenters. The van der Waals surface area contributed by atoms with Gasteiger partial charge in [-0.25, -0.2) is 0 Å². The Hall–Kier alpha value is -1.96. The number of rotatable bonds is 2. The number of allylic oxidation sites excluding steroid dienone is 4. The van der Waals surface area contributed by atoms with Crippen molar-refractivity contribution in [1.82, 2.24) is 9.97 Å². The monoisotopic (exact) mass is 302 g/mol. The van der Waals surface area contributed by atoms with E-state index in [9.17, 15) is 0 Å². The molecule has 0 amide bonds. The van der Waals surface area contributed by atoms with Gasteiger partial charge in [0.05, 0.1) is 0 Å². The number of aromatic amines is 2. The molecule has 6 aliphatic rings. The molecule has 2 heterocycles. The Morgan fingerprint density at radius 3 is 1.52 bits per heavy atom. The molecule has 2 heteroatoms. The smallest absolute Gasteiger partial charge is 0.0284 e. The molecule has 0 fully saturated rings. The van der Waals surface area contributed by atoms with Crippen LogP contribution < -0.4 is 0 Å². The number of fused-ring (bicyclic) bond motifs is 2. The molecule has 0 aliphatic heterocycles. The second kappa shape index (κ2) is 4.31. The lowest BCUT2D eigenvalue weighted by Gasteiger charge is -2.32. The Kier molecular flexibility index (Phi) is 2.34. The van der Waals surface area contributed by atoms with Crippen LogP contribution in [0.2, 0.25) is 0 Å². The van der Waals surface area contributed by atoms with Crippen molar-refractivity contribution in [2.24, 2.45) is 0 Å². The van der Waals surface area contributed by atoms with Crippen molar-refractivity contribution < 1.29 is 0 Å². The quantitative estimate of drug-likeness (QED) is 0.732. The Morgan fingerprint density at radius 1 is 0.652 bits per heavy atom. The number of nitrogens with one attached hydrogen (secondary N) is 2. The second-order valence-electron chi connectivity index (χ2n) is 7.80. The first-order chi connectivity index (χ1) is 11.4. The topological polar surface area (TPSA) is 31.6 Å². The Balaban J connectivity index is 1.41. The fourth-order valence-corrected chi connectivity index (χ4v) is 5.59. The highest BCUT2D eigenvalue weighted by Crippen LogP contribution is 2.49. The van der Waals surface area contributed by atoms with Gasteiger partial charge in [-0.05, 0) is 47.9 Å². The van der Waals surface area contributed by atoms with Crippen molar-refractivity contribution in [3.8, 4) is 0 Å². The van der Waals surface area contributed by atoms with E-state index in [0.29, 0.717) is 23.7 Å². The molecular formula is C21H22N2. The van der Waals surface area contributed by atoms with Gasteiger partial charge in [-0.1, -0.05) is 24.3 Å². The maximum Gasteiger partial charge on any atom is 0.0284 e. The van der Waals surface area contributed by atoms with E-state index in [-0.39, 0.29) is 0 Å². The number of H-pyrrole nitrogens is 2. The molecule has 0 spiro atoms. The molecule has 0 radical (unpaired) electrons. The van der Waals surface area contributed by atoms with Crippen LogP contribution in [-0.4, -0.2) is 9.97 Å². The van der Waals surface area contributed by atoms with Crippen LogP contribution in [0.1, 0.15) is 83.0 Å². The highest BCUT2D eigenvalue weighted by Gasteiger charge is 2.34. The first-order valence-electron chi connectivity index (χ1n) is 9.15. The molecular weight excluding hydrogens is 280 g/mol. The van der Waals surface area contributed by atoms with Crippen molar-refractivity contribution in [2.45, 2.75) is 55.8 Å². The van der Waals surface area contributed by atoms with Crippen LogP contribution in [0.15, 0.2) is 36.7 Å². The molecule has 23 heavy (non-hydrogen) atoms. The zero-order valence-electron chi connectivity index (χ0n) is 13.3. The maximum atomic E-state index is 3.63. The van der Waals surface area contributed by atoms with Crippen molar-refractivity contribution >= 4 is 0 Å². The molecule has 116 valence electrons. The maximum absolute atomic E-state index is 3.63. The fourth-order valence-electron chi connectivity index (χ4n) is 5.59. The Morgan fingerprint density at radius 2 is 1.09 bits per heavy atom. The minimum Gasteiger partial charge on any atom is -0.364 e. The van der Waals surface area contributed by atoms with Crippen molar-refractivity contribution in [3.05, 3.63) is 70.3 Å². The average molecular weight is 302 g/mol. The molecule has 2 aromatic rings. The molecule has 8 rings (SSSR count). The third kappa shape index (κ3) is 1.59. The third-order valence-corrected chi connectivity index (χ3v) is 6.70. The summed E-state index contributed by atoms with van der Waals surface area (Å²) in [7, 11) is 0. The molecule has 0 aromatic carbocycles. The summed E-state index contributed by atoms with van der Waals surface area (Å²) in [5.74, 6) is 2.63. The van der Waals surface area contributed by atoms with Gasteiger partial charge in [-0.2, -0.15) is 0 Å². The highest BCUT2D eigenvalue weighted by atomic mass is 14.8. The van der Waals surface area contributed by atoms with Gasteiger partial charge in [0.1, 0.15) is 0 Å². The lowest BCUT2D eigenvalue weighted by molar-refractivity contribution is 0.550. The lowest BCUT2D eigenvalue weighted by Crippen LogP contribution is -2.18. The number of hydrogen-bond donors (Lipinski definition) is 2. The van der Waals surface area contributed by atoms with E-state index in [1.54, 1.807) is 22.3 Å². The first-order valence-corrected chi connectivity index (χ1v) is 9.15. The molecule has 4 atom stereocenters. The zero-order chi connectivity index (χ0) is 15.0. The third-order valence-electron chi connectivity index (χ3n) is 6.70. The van der Waals surface area contributed by atoms with Crippen LogP contribution in [0.3, 0.4) is 0 Å². The summed E-state index contributed by atoms with van der Waals surface area (Å²) in [4.78, 5) is 7.26. The van der Waals surface area contributed by atoms with Gasteiger partial charge in [-0.3, -0.25) is 0 Å². The van der Waals surface area contributed by atoms with Crippen LogP contribution in [-0.2, 0) is 6.42 Å². The van der Waals surface area contributed by atoms with E-state index >= 15 is 0 Å². The van der Waals surface area contributed by atoms with Gasteiger partial charge in [0, 0.05) is 53.9 Å². The summed E-state index contributed by atoms with van der Waals surface area (Å²) < 4.78 is 0. The van der Waals surface area contributed by atoms with Gasteiger partial charge in [-0.15, -0.1) is 0 Å². The second-order valence-corrected chi connectivity index (χ2v) is 7.80. The van der Waals surface area contributed by atoms with Crippen molar-refractivity contribution in [3.63, 3.8) is 0 Å². The van der Waals surface area contributed by atoms with Gasteiger partial charge in [0.15, 0.2) is 0 Å². The van der Waals surface area contributed by atoms with Gasteiger partial charge in [0.25, 0.3) is 0 Å². The molecule has 0 saturated carbocycles. The standard InChI is InChI=1S/C21H22N2/c1-5-14-6-2-12(1)16-10-22-18(20(14)16)9-19-21-15-7-3-13(4-8-15)17(21)11-23-19/h1,3,5,7,10-15,22-23H,2,4,6,8-9H2. The largest absolute Gasteiger partial charge is 0.364 e. The normalized spacial score (nSPS) is 32.3. The van der Waals surface area contributed by atoms with Crippen molar-refractivity contribution in [1.29, 1.82) is 0 Å². The minimum atomic E-state index is 0.651. The van der Waals surface area contributed by atoms with Crippen LogP contribution >= 0.6 is 0 Å². The van der Waals surface area contributed by atoms with Gasteiger partial charge in [0.2, 0.25) is 0 Å². The van der Waals surface area contributed by atoms with Crippen LogP contribution in [0.25, 0.3) is 0 Å². The van der Waals surface area contributed by atoms with E-state index in [1.165, 1.54) is 37.1 Å². The average Bonchev–Trinajstić information content (AvgIpc) is 3.25. The molecule has 2 aromatic heterocycles. The van der Waals surface area contributed by atoms with E-state index in [2.05, 4.69) is 46.7 Å². The minimum absolute atomic E-state index is 0.651. The molecule has 4 bridgehead atoms. The number of aromatic nitrogens is 2. The highest BCUT2D eigenvalue weighted by molar-refractivity contribution is 5.51.